The van der Waals surface area contributed by atoms with Crippen LogP contribution in [0.3, 0.4) is 0 Å². The molecule has 0 fully saturated rings. The largest absolute Gasteiger partial charge is 0.481 e. The number of carboxylic acids is 1. The summed E-state index contributed by atoms with van der Waals surface area (Å²) in [5.41, 5.74) is 1.74. The first-order valence-electron chi connectivity index (χ1n) is 8.37. The molecule has 0 saturated carbocycles. The minimum atomic E-state index is -4.37. The van der Waals surface area contributed by atoms with Gasteiger partial charge in [-0.2, -0.15) is 13.2 Å². The van der Waals surface area contributed by atoms with E-state index in [1.54, 1.807) is 6.92 Å². The van der Waals surface area contributed by atoms with Crippen LogP contribution in [0.25, 0.3) is 20.5 Å². The van der Waals surface area contributed by atoms with E-state index in [-0.39, 0.29) is 6.42 Å². The lowest BCUT2D eigenvalue weighted by atomic mass is 10.0. The zero-order chi connectivity index (χ0) is 19.6. The lowest BCUT2D eigenvalue weighted by molar-refractivity contribution is -0.138. The number of halogens is 3. The summed E-state index contributed by atoms with van der Waals surface area (Å²) in [6.45, 7) is 2.72. The molecule has 1 aromatic heterocycles. The van der Waals surface area contributed by atoms with Crippen molar-refractivity contribution in [2.45, 2.75) is 26.1 Å². The molecule has 7 heteroatoms. The molecule has 2 aromatic carbocycles. The number of carbonyl (C=O) groups is 1. The first kappa shape index (κ1) is 19.4. The normalized spacial score (nSPS) is 11.9. The Morgan fingerprint density at radius 2 is 1.93 bits per heavy atom. The quantitative estimate of drug-likeness (QED) is 0.547. The van der Waals surface area contributed by atoms with Gasteiger partial charge in [0.05, 0.1) is 12.0 Å². The Labute approximate surface area is 158 Å². The molecule has 0 bridgehead atoms. The average Bonchev–Trinajstić information content (AvgIpc) is 3.01. The summed E-state index contributed by atoms with van der Waals surface area (Å²) in [6.07, 6.45) is -4.31. The van der Waals surface area contributed by atoms with Crippen LogP contribution < -0.4 is 5.32 Å². The van der Waals surface area contributed by atoms with E-state index >= 15 is 0 Å². The molecule has 142 valence electrons. The fourth-order valence-corrected chi connectivity index (χ4v) is 3.95. The molecule has 1 heterocycles. The Bertz CT molecular complexity index is 979. The highest BCUT2D eigenvalue weighted by Gasteiger charge is 2.31. The minimum Gasteiger partial charge on any atom is -0.481 e. The number of thiophene rings is 1. The lowest BCUT2D eigenvalue weighted by Gasteiger charge is -2.10. The number of fused-ring (bicyclic) bond motifs is 1. The van der Waals surface area contributed by atoms with Gasteiger partial charge in [-0.05, 0) is 59.3 Å². The fourth-order valence-electron chi connectivity index (χ4n) is 2.83. The molecule has 0 aliphatic carbocycles. The van der Waals surface area contributed by atoms with E-state index in [9.17, 15) is 18.0 Å². The van der Waals surface area contributed by atoms with Crippen LogP contribution in [0.15, 0.2) is 42.5 Å². The number of hydrogen-bond donors (Lipinski definition) is 2. The molecule has 3 nitrogen and oxygen atoms in total. The molecular weight excluding hydrogens is 375 g/mol. The van der Waals surface area contributed by atoms with Gasteiger partial charge in [-0.25, -0.2) is 0 Å². The monoisotopic (exact) mass is 393 g/mol. The highest BCUT2D eigenvalue weighted by Crippen LogP contribution is 2.38. The number of carboxylic acid groups (broad SMARTS) is 1. The maximum atomic E-state index is 13.0. The number of benzene rings is 2. The van der Waals surface area contributed by atoms with Crippen molar-refractivity contribution in [2.75, 3.05) is 6.54 Å². The van der Waals surface area contributed by atoms with E-state index in [0.29, 0.717) is 18.7 Å². The van der Waals surface area contributed by atoms with Crippen LogP contribution in [0.4, 0.5) is 13.2 Å². The van der Waals surface area contributed by atoms with Gasteiger partial charge in [-0.3, -0.25) is 4.79 Å². The molecule has 0 aliphatic heterocycles. The molecule has 0 amide bonds. The second-order valence-electron chi connectivity index (χ2n) is 6.33. The molecule has 3 aromatic rings. The summed E-state index contributed by atoms with van der Waals surface area (Å²) >= 11 is 1.46. The molecule has 0 spiro atoms. The maximum Gasteiger partial charge on any atom is 0.416 e. The Hall–Kier alpha value is -2.38. The van der Waals surface area contributed by atoms with Crippen LogP contribution in [0, 0.1) is 6.92 Å². The summed E-state index contributed by atoms with van der Waals surface area (Å²) in [7, 11) is 0. The van der Waals surface area contributed by atoms with Crippen LogP contribution in [-0.2, 0) is 17.5 Å². The predicted molar refractivity (Wildman–Crippen MR) is 101 cm³/mol. The van der Waals surface area contributed by atoms with E-state index in [1.165, 1.54) is 23.5 Å². The molecule has 0 aliphatic rings. The Morgan fingerprint density at radius 1 is 1.15 bits per heavy atom. The van der Waals surface area contributed by atoms with Crippen LogP contribution in [0.5, 0.6) is 0 Å². The molecular formula is C20H18F3NO2S. The second-order valence-corrected chi connectivity index (χ2v) is 7.41. The van der Waals surface area contributed by atoms with Gasteiger partial charge in [0, 0.05) is 22.7 Å². The first-order chi connectivity index (χ1) is 12.7. The number of rotatable bonds is 6. The highest BCUT2D eigenvalue weighted by atomic mass is 32.1. The predicted octanol–water partition coefficient (Wildman–Crippen LogP) is 5.46. The number of alkyl halides is 3. The van der Waals surface area contributed by atoms with Gasteiger partial charge in [0.1, 0.15) is 0 Å². The SMILES string of the molecule is Cc1ccc(C(F)(F)F)cc1-c1cc2cc(CNCCC(=O)O)ccc2s1. The number of aryl methyl sites for hydroxylation is 1. The summed E-state index contributed by atoms with van der Waals surface area (Å²) in [5.74, 6) is -0.850. The highest BCUT2D eigenvalue weighted by molar-refractivity contribution is 7.22. The molecule has 0 saturated heterocycles. The van der Waals surface area contributed by atoms with E-state index in [2.05, 4.69) is 5.32 Å². The molecule has 2 N–H and O–H groups in total. The Kier molecular flexibility index (Phi) is 5.53. The third-order valence-electron chi connectivity index (χ3n) is 4.26. The van der Waals surface area contributed by atoms with Gasteiger partial charge in [0.25, 0.3) is 0 Å². The van der Waals surface area contributed by atoms with E-state index in [0.717, 1.165) is 32.2 Å². The number of nitrogens with one attached hydrogen (secondary N) is 1. The van der Waals surface area contributed by atoms with E-state index in [1.807, 2.05) is 24.3 Å². The van der Waals surface area contributed by atoms with Crippen molar-refractivity contribution in [3.8, 4) is 10.4 Å². The van der Waals surface area contributed by atoms with Crippen LogP contribution in [0.1, 0.15) is 23.1 Å². The van der Waals surface area contributed by atoms with Crippen molar-refractivity contribution >= 4 is 27.4 Å². The smallest absolute Gasteiger partial charge is 0.416 e. The van der Waals surface area contributed by atoms with Gasteiger partial charge in [-0.15, -0.1) is 11.3 Å². The van der Waals surface area contributed by atoms with Crippen molar-refractivity contribution in [3.63, 3.8) is 0 Å². The van der Waals surface area contributed by atoms with Gasteiger partial charge in [0.15, 0.2) is 0 Å². The summed E-state index contributed by atoms with van der Waals surface area (Å²) in [4.78, 5) is 11.3. The van der Waals surface area contributed by atoms with Crippen molar-refractivity contribution in [2.24, 2.45) is 0 Å². The van der Waals surface area contributed by atoms with Gasteiger partial charge in [0.2, 0.25) is 0 Å². The first-order valence-corrected chi connectivity index (χ1v) is 9.19. The van der Waals surface area contributed by atoms with Crippen LogP contribution in [0.2, 0.25) is 0 Å². The number of aliphatic carboxylic acids is 1. The van der Waals surface area contributed by atoms with Crippen molar-refractivity contribution in [3.05, 3.63) is 59.2 Å². The molecule has 0 atom stereocenters. The van der Waals surface area contributed by atoms with Crippen molar-refractivity contribution < 1.29 is 23.1 Å². The molecule has 0 radical (unpaired) electrons. The van der Waals surface area contributed by atoms with Gasteiger partial charge >= 0.3 is 12.1 Å². The van der Waals surface area contributed by atoms with Gasteiger partial charge < -0.3 is 10.4 Å². The summed E-state index contributed by atoms with van der Waals surface area (Å²) < 4.78 is 40.1. The minimum absolute atomic E-state index is 0.0552. The van der Waals surface area contributed by atoms with Crippen LogP contribution >= 0.6 is 11.3 Å². The molecule has 27 heavy (non-hydrogen) atoms. The molecule has 3 rings (SSSR count). The third kappa shape index (κ3) is 4.67. The average molecular weight is 393 g/mol. The maximum absolute atomic E-state index is 13.0. The second kappa shape index (κ2) is 7.70. The topological polar surface area (TPSA) is 49.3 Å². The van der Waals surface area contributed by atoms with Crippen LogP contribution in [-0.4, -0.2) is 17.6 Å². The van der Waals surface area contributed by atoms with E-state index < -0.39 is 17.7 Å². The standard InChI is InChI=1S/C20H18F3NO2S/c1-12-2-4-15(20(21,22)23)10-16(12)18-9-14-8-13(3-5-17(14)27-18)11-24-7-6-19(25)26/h2-5,8-10,24H,6-7,11H2,1H3,(H,25,26). The zero-order valence-corrected chi connectivity index (χ0v) is 15.4. The lowest BCUT2D eigenvalue weighted by Crippen LogP contribution is -2.17. The number of hydrogen-bond acceptors (Lipinski definition) is 3. The third-order valence-corrected chi connectivity index (χ3v) is 5.41. The van der Waals surface area contributed by atoms with Crippen molar-refractivity contribution in [1.29, 1.82) is 0 Å². The summed E-state index contributed by atoms with van der Waals surface area (Å²) in [5, 5.41) is 12.7. The zero-order valence-electron chi connectivity index (χ0n) is 14.6. The van der Waals surface area contributed by atoms with Gasteiger partial charge in [-0.1, -0.05) is 12.1 Å². The van der Waals surface area contributed by atoms with Crippen molar-refractivity contribution in [1.82, 2.24) is 5.32 Å². The molecule has 0 unspecified atom stereocenters. The Morgan fingerprint density at radius 3 is 2.63 bits per heavy atom. The Balaban J connectivity index is 1.86. The van der Waals surface area contributed by atoms with E-state index in [4.69, 9.17) is 5.11 Å². The summed E-state index contributed by atoms with van der Waals surface area (Å²) in [6, 6.07) is 11.6. The fraction of sp³-hybridized carbons (Fsp3) is 0.250.